The summed E-state index contributed by atoms with van der Waals surface area (Å²) in [5, 5.41) is 0. The second-order valence-electron chi connectivity index (χ2n) is 8.07. The van der Waals surface area contributed by atoms with Gasteiger partial charge in [-0.05, 0) is 33.1 Å². The SMILES string of the molecule is CC(C)(C)c1cc(C(C)(C)C)c2c(c1)C2(C)C. The molecule has 1 aromatic rings. The molecule has 0 saturated carbocycles. The van der Waals surface area contributed by atoms with E-state index in [2.05, 4.69) is 67.5 Å². The van der Waals surface area contributed by atoms with Crippen molar-refractivity contribution in [3.8, 4) is 0 Å². The van der Waals surface area contributed by atoms with Crippen LogP contribution in [0.1, 0.15) is 77.6 Å². The molecule has 2 rings (SSSR count). The van der Waals surface area contributed by atoms with Crippen LogP contribution in [0, 0.1) is 0 Å². The summed E-state index contributed by atoms with van der Waals surface area (Å²) in [6.07, 6.45) is 0. The fourth-order valence-corrected chi connectivity index (χ4v) is 2.68. The lowest BCUT2D eigenvalue weighted by molar-refractivity contribution is 0.567. The lowest BCUT2D eigenvalue weighted by atomic mass is 9.80. The summed E-state index contributed by atoms with van der Waals surface area (Å²) in [6.45, 7) is 18.6. The van der Waals surface area contributed by atoms with Gasteiger partial charge in [-0.2, -0.15) is 0 Å². The monoisotopic (exact) mass is 230 g/mol. The molecule has 0 nitrogen and oxygen atoms in total. The highest BCUT2D eigenvalue weighted by atomic mass is 14.5. The summed E-state index contributed by atoms with van der Waals surface area (Å²) in [4.78, 5) is 0. The second-order valence-corrected chi connectivity index (χ2v) is 8.07. The minimum absolute atomic E-state index is 0.244. The van der Waals surface area contributed by atoms with Crippen molar-refractivity contribution in [1.82, 2.24) is 0 Å². The predicted octanol–water partition coefficient (Wildman–Crippen LogP) is 4.92. The van der Waals surface area contributed by atoms with Crippen LogP contribution in [-0.2, 0) is 16.2 Å². The van der Waals surface area contributed by atoms with Crippen molar-refractivity contribution in [3.05, 3.63) is 34.4 Å². The number of benzene rings is 1. The summed E-state index contributed by atoms with van der Waals surface area (Å²) in [5.74, 6) is 0. The molecule has 0 radical (unpaired) electrons. The highest BCUT2D eigenvalue weighted by Gasteiger charge is 2.46. The van der Waals surface area contributed by atoms with Crippen LogP contribution in [0.2, 0.25) is 0 Å². The van der Waals surface area contributed by atoms with Gasteiger partial charge in [0.2, 0.25) is 0 Å². The standard InChI is InChI=1S/C17H26/c1-15(2,3)11-9-12(16(4,5)6)14-13(10-11)17(14,7)8/h9-10H,1-8H3. The molecule has 0 N–H and O–H groups in total. The van der Waals surface area contributed by atoms with Gasteiger partial charge in [0.05, 0.1) is 0 Å². The van der Waals surface area contributed by atoms with E-state index in [4.69, 9.17) is 0 Å². The van der Waals surface area contributed by atoms with Crippen LogP contribution in [0.3, 0.4) is 0 Å². The molecule has 0 spiro atoms. The molecule has 17 heavy (non-hydrogen) atoms. The molecule has 94 valence electrons. The van der Waals surface area contributed by atoms with E-state index in [1.54, 1.807) is 16.7 Å². The minimum Gasteiger partial charge on any atom is -0.0561 e. The average Bonchev–Trinajstić information content (AvgIpc) is 2.65. The molecule has 0 atom stereocenters. The van der Waals surface area contributed by atoms with Gasteiger partial charge in [0.1, 0.15) is 0 Å². The van der Waals surface area contributed by atoms with Crippen LogP contribution in [0.25, 0.3) is 0 Å². The van der Waals surface area contributed by atoms with Crippen molar-refractivity contribution in [2.24, 2.45) is 0 Å². The maximum absolute atomic E-state index is 2.44. The molecule has 0 amide bonds. The maximum Gasteiger partial charge on any atom is 0.0155 e. The summed E-state index contributed by atoms with van der Waals surface area (Å²) in [7, 11) is 0. The van der Waals surface area contributed by atoms with Gasteiger partial charge in [0.15, 0.2) is 0 Å². The summed E-state index contributed by atoms with van der Waals surface area (Å²) >= 11 is 0. The van der Waals surface area contributed by atoms with Crippen LogP contribution < -0.4 is 0 Å². The fraction of sp³-hybridized carbons (Fsp3) is 0.647. The topological polar surface area (TPSA) is 0 Å². The van der Waals surface area contributed by atoms with E-state index >= 15 is 0 Å². The van der Waals surface area contributed by atoms with E-state index < -0.39 is 0 Å². The van der Waals surface area contributed by atoms with E-state index in [-0.39, 0.29) is 10.8 Å². The quantitative estimate of drug-likeness (QED) is 0.593. The van der Waals surface area contributed by atoms with Crippen LogP contribution in [0.4, 0.5) is 0 Å². The Labute approximate surface area is 106 Å². The molecule has 0 saturated heterocycles. The summed E-state index contributed by atoms with van der Waals surface area (Å²) in [5.41, 5.74) is 6.99. The largest absolute Gasteiger partial charge is 0.0561 e. The molecule has 0 heteroatoms. The minimum atomic E-state index is 0.244. The van der Waals surface area contributed by atoms with Gasteiger partial charge in [-0.25, -0.2) is 0 Å². The highest BCUT2D eigenvalue weighted by Crippen LogP contribution is 2.55. The zero-order valence-electron chi connectivity index (χ0n) is 12.7. The highest BCUT2D eigenvalue weighted by molar-refractivity contribution is 5.65. The Morgan fingerprint density at radius 2 is 1.35 bits per heavy atom. The molecule has 0 bridgehead atoms. The Balaban J connectivity index is 2.64. The van der Waals surface area contributed by atoms with Crippen molar-refractivity contribution in [1.29, 1.82) is 0 Å². The van der Waals surface area contributed by atoms with Crippen molar-refractivity contribution >= 4 is 0 Å². The smallest absolute Gasteiger partial charge is 0.0155 e. The third-order valence-corrected chi connectivity index (χ3v) is 4.05. The van der Waals surface area contributed by atoms with Crippen LogP contribution in [-0.4, -0.2) is 0 Å². The molecule has 1 aliphatic carbocycles. The van der Waals surface area contributed by atoms with Crippen molar-refractivity contribution < 1.29 is 0 Å². The Bertz CT molecular complexity index is 462. The zero-order chi connectivity index (χ0) is 13.2. The van der Waals surface area contributed by atoms with Gasteiger partial charge < -0.3 is 0 Å². The Kier molecular flexibility index (Phi) is 2.35. The number of hydrogen-bond acceptors (Lipinski definition) is 0. The van der Waals surface area contributed by atoms with Crippen molar-refractivity contribution in [2.45, 2.75) is 71.6 Å². The predicted molar refractivity (Wildman–Crippen MR) is 76.0 cm³/mol. The third kappa shape index (κ3) is 1.92. The Morgan fingerprint density at radius 3 is 1.76 bits per heavy atom. The molecule has 1 aliphatic rings. The molecule has 0 aliphatic heterocycles. The molecular formula is C17H26. The van der Waals surface area contributed by atoms with E-state index in [1.165, 1.54) is 5.56 Å². The first-order chi connectivity index (χ1) is 7.45. The summed E-state index contributed by atoms with van der Waals surface area (Å²) < 4.78 is 0. The normalized spacial score (nSPS) is 17.9. The van der Waals surface area contributed by atoms with Gasteiger partial charge in [0, 0.05) is 5.41 Å². The Hall–Kier alpha value is -0.780. The number of rotatable bonds is 0. The molecular weight excluding hydrogens is 204 g/mol. The van der Waals surface area contributed by atoms with Crippen LogP contribution in [0.5, 0.6) is 0 Å². The van der Waals surface area contributed by atoms with Gasteiger partial charge in [-0.15, -0.1) is 0 Å². The Morgan fingerprint density at radius 1 is 0.824 bits per heavy atom. The van der Waals surface area contributed by atoms with E-state index in [0.717, 1.165) is 0 Å². The third-order valence-electron chi connectivity index (χ3n) is 4.05. The van der Waals surface area contributed by atoms with Gasteiger partial charge in [0.25, 0.3) is 0 Å². The first-order valence-corrected chi connectivity index (χ1v) is 6.65. The van der Waals surface area contributed by atoms with Gasteiger partial charge in [-0.1, -0.05) is 67.5 Å². The average molecular weight is 230 g/mol. The number of fused-ring (bicyclic) bond motifs is 1. The second kappa shape index (κ2) is 3.16. The molecule has 0 fully saturated rings. The van der Waals surface area contributed by atoms with E-state index in [1.807, 2.05) is 0 Å². The van der Waals surface area contributed by atoms with E-state index in [0.29, 0.717) is 5.41 Å². The van der Waals surface area contributed by atoms with Gasteiger partial charge in [-0.3, -0.25) is 0 Å². The first kappa shape index (κ1) is 12.7. The zero-order valence-corrected chi connectivity index (χ0v) is 12.7. The van der Waals surface area contributed by atoms with E-state index in [9.17, 15) is 0 Å². The maximum atomic E-state index is 2.44. The van der Waals surface area contributed by atoms with Crippen molar-refractivity contribution in [3.63, 3.8) is 0 Å². The fourth-order valence-electron chi connectivity index (χ4n) is 2.68. The lowest BCUT2D eigenvalue weighted by Gasteiger charge is -2.24. The molecule has 1 aromatic carbocycles. The first-order valence-electron chi connectivity index (χ1n) is 6.65. The lowest BCUT2D eigenvalue weighted by Crippen LogP contribution is -2.16. The molecule has 0 heterocycles. The summed E-state index contributed by atoms with van der Waals surface area (Å²) in [6, 6.07) is 4.86. The van der Waals surface area contributed by atoms with Crippen LogP contribution >= 0.6 is 0 Å². The van der Waals surface area contributed by atoms with Crippen LogP contribution in [0.15, 0.2) is 12.1 Å². The van der Waals surface area contributed by atoms with Gasteiger partial charge >= 0.3 is 0 Å². The van der Waals surface area contributed by atoms with Crippen molar-refractivity contribution in [2.75, 3.05) is 0 Å². The number of hydrogen-bond donors (Lipinski definition) is 0. The molecule has 0 unspecified atom stereocenters. The molecule has 0 aromatic heterocycles.